The molecule has 0 atom stereocenters. The van der Waals surface area contributed by atoms with Gasteiger partial charge in [-0.05, 0) is 45.0 Å². The van der Waals surface area contributed by atoms with Crippen LogP contribution in [0, 0.1) is 0 Å². The Bertz CT molecular complexity index is 1180. The zero-order valence-corrected chi connectivity index (χ0v) is 18.3. The predicted octanol–water partition coefficient (Wildman–Crippen LogP) is 3.49. The summed E-state index contributed by atoms with van der Waals surface area (Å²) < 4.78 is 11.4. The van der Waals surface area contributed by atoms with E-state index in [4.69, 9.17) is 15.2 Å². The molecule has 0 bridgehead atoms. The van der Waals surface area contributed by atoms with E-state index in [1.54, 1.807) is 35.7 Å². The van der Waals surface area contributed by atoms with E-state index in [1.807, 2.05) is 43.9 Å². The average Bonchev–Trinajstić information content (AvgIpc) is 3.30. The van der Waals surface area contributed by atoms with Gasteiger partial charge in [-0.1, -0.05) is 0 Å². The number of fused-ring (bicyclic) bond motifs is 1. The molecule has 4 aromatic rings. The third kappa shape index (κ3) is 4.59. The van der Waals surface area contributed by atoms with Crippen molar-refractivity contribution in [1.29, 1.82) is 0 Å². The number of hydrogen-bond acceptors (Lipinski definition) is 9. The molecule has 0 fully saturated rings. The number of anilines is 2. The molecule has 32 heavy (non-hydrogen) atoms. The molecule has 0 saturated carbocycles. The standard InChI is InChI=1S/C22H26N8O2/c1-4-29(20-13-27-30(28-20)15(2)3)22-18-11-16(5-7-19(18)25-14-26-22)32-21-8-6-17(12-24-21)31-10-9-23/h5-8,11-15H,4,9-10,23H2,1-3H3. The summed E-state index contributed by atoms with van der Waals surface area (Å²) in [6.45, 7) is 7.67. The van der Waals surface area contributed by atoms with Gasteiger partial charge < -0.3 is 20.1 Å². The summed E-state index contributed by atoms with van der Waals surface area (Å²) in [7, 11) is 0. The topological polar surface area (TPSA) is 117 Å². The summed E-state index contributed by atoms with van der Waals surface area (Å²) in [5, 5.41) is 9.79. The molecule has 4 rings (SSSR count). The van der Waals surface area contributed by atoms with E-state index in [-0.39, 0.29) is 6.04 Å². The van der Waals surface area contributed by atoms with Crippen LogP contribution in [0.15, 0.2) is 49.1 Å². The third-order valence-corrected chi connectivity index (χ3v) is 4.71. The smallest absolute Gasteiger partial charge is 0.219 e. The van der Waals surface area contributed by atoms with Gasteiger partial charge >= 0.3 is 0 Å². The van der Waals surface area contributed by atoms with Gasteiger partial charge in [-0.3, -0.25) is 0 Å². The Morgan fingerprint density at radius 3 is 2.59 bits per heavy atom. The molecule has 0 unspecified atom stereocenters. The SMILES string of the molecule is CCN(c1cnn(C(C)C)n1)c1ncnc2ccc(Oc3ccc(OCCN)cn3)cc12. The van der Waals surface area contributed by atoms with E-state index >= 15 is 0 Å². The van der Waals surface area contributed by atoms with Crippen LogP contribution in [0.5, 0.6) is 17.4 Å². The second kappa shape index (κ2) is 9.56. The zero-order valence-electron chi connectivity index (χ0n) is 18.3. The number of rotatable bonds is 9. The molecule has 10 heteroatoms. The molecule has 3 heterocycles. The van der Waals surface area contributed by atoms with Crippen LogP contribution in [0.3, 0.4) is 0 Å². The lowest BCUT2D eigenvalue weighted by molar-refractivity contribution is 0.325. The van der Waals surface area contributed by atoms with Crippen LogP contribution in [0.1, 0.15) is 26.8 Å². The lowest BCUT2D eigenvalue weighted by Crippen LogP contribution is -2.19. The molecule has 0 spiro atoms. The van der Waals surface area contributed by atoms with Crippen molar-refractivity contribution < 1.29 is 9.47 Å². The van der Waals surface area contributed by atoms with E-state index in [0.29, 0.717) is 37.1 Å². The summed E-state index contributed by atoms with van der Waals surface area (Å²) in [5.74, 6) is 3.18. The molecule has 10 nitrogen and oxygen atoms in total. The van der Waals surface area contributed by atoms with Crippen molar-refractivity contribution in [3.05, 3.63) is 49.1 Å². The van der Waals surface area contributed by atoms with Crippen LogP contribution in [0.25, 0.3) is 10.9 Å². The van der Waals surface area contributed by atoms with Crippen molar-refractivity contribution in [1.82, 2.24) is 29.9 Å². The van der Waals surface area contributed by atoms with Crippen LogP contribution in [0.4, 0.5) is 11.6 Å². The Balaban J connectivity index is 1.63. The van der Waals surface area contributed by atoms with Crippen LogP contribution >= 0.6 is 0 Å². The highest BCUT2D eigenvalue weighted by molar-refractivity contribution is 5.92. The highest BCUT2D eigenvalue weighted by Crippen LogP contribution is 2.32. The number of nitrogens with zero attached hydrogens (tertiary/aromatic N) is 7. The quantitative estimate of drug-likeness (QED) is 0.422. The van der Waals surface area contributed by atoms with Crippen LogP contribution < -0.4 is 20.1 Å². The van der Waals surface area contributed by atoms with E-state index in [1.165, 1.54) is 0 Å². The predicted molar refractivity (Wildman–Crippen MR) is 121 cm³/mol. The highest BCUT2D eigenvalue weighted by Gasteiger charge is 2.17. The molecule has 2 N–H and O–H groups in total. The van der Waals surface area contributed by atoms with Crippen LogP contribution in [-0.4, -0.2) is 49.6 Å². The maximum Gasteiger partial charge on any atom is 0.219 e. The molecule has 0 saturated heterocycles. The Hall–Kier alpha value is -3.79. The number of ether oxygens (including phenoxy) is 2. The third-order valence-electron chi connectivity index (χ3n) is 4.71. The molecule has 0 radical (unpaired) electrons. The first kappa shape index (κ1) is 21.4. The summed E-state index contributed by atoms with van der Waals surface area (Å²) >= 11 is 0. The molecule has 166 valence electrons. The van der Waals surface area contributed by atoms with Crippen molar-refractivity contribution >= 4 is 22.5 Å². The maximum absolute atomic E-state index is 5.96. The minimum Gasteiger partial charge on any atom is -0.491 e. The van der Waals surface area contributed by atoms with Crippen LogP contribution in [-0.2, 0) is 0 Å². The maximum atomic E-state index is 5.96. The summed E-state index contributed by atoms with van der Waals surface area (Å²) in [5.41, 5.74) is 6.26. The van der Waals surface area contributed by atoms with E-state index in [9.17, 15) is 0 Å². The molecular weight excluding hydrogens is 408 g/mol. The fourth-order valence-electron chi connectivity index (χ4n) is 3.17. The summed E-state index contributed by atoms with van der Waals surface area (Å²) in [4.78, 5) is 16.9. The van der Waals surface area contributed by atoms with Gasteiger partial charge in [0.1, 0.15) is 30.3 Å². The second-order valence-electron chi connectivity index (χ2n) is 7.31. The normalized spacial score (nSPS) is 11.2. The first-order valence-electron chi connectivity index (χ1n) is 10.5. The Labute approximate surface area is 186 Å². The number of hydrogen-bond donors (Lipinski definition) is 1. The number of pyridine rings is 1. The van der Waals surface area contributed by atoms with Crippen molar-refractivity contribution in [2.75, 3.05) is 24.6 Å². The van der Waals surface area contributed by atoms with Crippen molar-refractivity contribution in [3.63, 3.8) is 0 Å². The average molecular weight is 435 g/mol. The first-order chi connectivity index (χ1) is 15.6. The molecule has 3 aromatic heterocycles. The van der Waals surface area contributed by atoms with Crippen molar-refractivity contribution in [3.8, 4) is 17.4 Å². The van der Waals surface area contributed by atoms with Crippen LogP contribution in [0.2, 0.25) is 0 Å². The van der Waals surface area contributed by atoms with E-state index in [2.05, 4.69) is 25.1 Å². The molecular formula is C22H26N8O2. The Morgan fingerprint density at radius 2 is 1.91 bits per heavy atom. The first-order valence-corrected chi connectivity index (χ1v) is 10.5. The van der Waals surface area contributed by atoms with Gasteiger partial charge in [0.2, 0.25) is 5.88 Å². The fraction of sp³-hybridized carbons (Fsp3) is 0.318. The van der Waals surface area contributed by atoms with Gasteiger partial charge in [-0.25, -0.2) is 15.0 Å². The van der Waals surface area contributed by atoms with Gasteiger partial charge in [-0.15, -0.1) is 5.10 Å². The lowest BCUT2D eigenvalue weighted by atomic mass is 10.2. The second-order valence-corrected chi connectivity index (χ2v) is 7.31. The van der Waals surface area contributed by atoms with Gasteiger partial charge in [0.05, 0.1) is 24.0 Å². The minimum atomic E-state index is 0.171. The summed E-state index contributed by atoms with van der Waals surface area (Å²) in [6.07, 6.45) is 4.91. The zero-order chi connectivity index (χ0) is 22.5. The molecule has 0 aliphatic heterocycles. The minimum absolute atomic E-state index is 0.171. The molecule has 0 amide bonds. The highest BCUT2D eigenvalue weighted by atomic mass is 16.5. The van der Waals surface area contributed by atoms with Crippen molar-refractivity contribution in [2.45, 2.75) is 26.8 Å². The van der Waals surface area contributed by atoms with Gasteiger partial charge in [0.15, 0.2) is 5.82 Å². The van der Waals surface area contributed by atoms with Gasteiger partial charge in [0.25, 0.3) is 0 Å². The van der Waals surface area contributed by atoms with E-state index < -0.39 is 0 Å². The monoisotopic (exact) mass is 434 g/mol. The molecule has 0 aliphatic rings. The lowest BCUT2D eigenvalue weighted by Gasteiger charge is -2.20. The number of benzene rings is 1. The van der Waals surface area contributed by atoms with E-state index in [0.717, 1.165) is 22.5 Å². The number of nitrogens with two attached hydrogens (primary N) is 1. The van der Waals surface area contributed by atoms with Crippen molar-refractivity contribution in [2.24, 2.45) is 5.73 Å². The van der Waals surface area contributed by atoms with Gasteiger partial charge in [-0.2, -0.15) is 9.90 Å². The molecule has 1 aromatic carbocycles. The summed E-state index contributed by atoms with van der Waals surface area (Å²) in [6, 6.07) is 9.37. The number of aromatic nitrogens is 6. The Morgan fingerprint density at radius 1 is 1.06 bits per heavy atom. The molecule has 0 aliphatic carbocycles. The Kier molecular flexibility index (Phi) is 6.41. The van der Waals surface area contributed by atoms with Gasteiger partial charge in [0, 0.05) is 24.5 Å². The fourth-order valence-corrected chi connectivity index (χ4v) is 3.17. The largest absolute Gasteiger partial charge is 0.491 e.